The van der Waals surface area contributed by atoms with Gasteiger partial charge in [-0.15, -0.1) is 0 Å². The highest BCUT2D eigenvalue weighted by molar-refractivity contribution is 7.99. The molecule has 24 heavy (non-hydrogen) atoms. The first-order valence-electron chi connectivity index (χ1n) is 7.84. The van der Waals surface area contributed by atoms with E-state index in [2.05, 4.69) is 5.32 Å². The number of carbonyl (C=O) groups excluding carboxylic acids is 3. The lowest BCUT2D eigenvalue weighted by Crippen LogP contribution is -2.43. The van der Waals surface area contributed by atoms with Crippen molar-refractivity contribution in [2.24, 2.45) is 0 Å². The largest absolute Gasteiger partial charge is 0.466 e. The quantitative estimate of drug-likeness (QED) is 0.512. The molecule has 0 aromatic heterocycles. The fourth-order valence-electron chi connectivity index (χ4n) is 1.83. The molecule has 1 aromatic carbocycles. The number of carbonyl (C=O) groups is 3. The summed E-state index contributed by atoms with van der Waals surface area (Å²) >= 11 is 1.39. The van der Waals surface area contributed by atoms with E-state index in [0.717, 1.165) is 0 Å². The van der Waals surface area contributed by atoms with Gasteiger partial charge in [-0.1, -0.05) is 18.2 Å². The van der Waals surface area contributed by atoms with Gasteiger partial charge in [-0.25, -0.2) is 4.79 Å². The molecule has 1 amide bonds. The molecule has 1 N–H and O–H groups in total. The van der Waals surface area contributed by atoms with Gasteiger partial charge in [0.25, 0.3) is 5.91 Å². The Bertz CT molecular complexity index is 535. The summed E-state index contributed by atoms with van der Waals surface area (Å²) in [7, 11) is 0. The Morgan fingerprint density at radius 1 is 1.08 bits per heavy atom. The van der Waals surface area contributed by atoms with Crippen LogP contribution in [-0.2, 0) is 19.1 Å². The average molecular weight is 353 g/mol. The highest BCUT2D eigenvalue weighted by Gasteiger charge is 2.22. The van der Waals surface area contributed by atoms with Gasteiger partial charge in [0.15, 0.2) is 0 Å². The van der Waals surface area contributed by atoms with Crippen molar-refractivity contribution >= 4 is 29.6 Å². The summed E-state index contributed by atoms with van der Waals surface area (Å²) in [4.78, 5) is 35.5. The third-order valence-electron chi connectivity index (χ3n) is 2.95. The standard InChI is InChI=1S/C17H23NO5S/c1-3-22-15(19)10-11-24-12-14(17(21)23-4-2)18-16(20)13-8-6-5-7-9-13/h5-9,14H,3-4,10-12H2,1-2H3,(H,18,20). The SMILES string of the molecule is CCOC(=O)CCSCC(NC(=O)c1ccccc1)C(=O)OCC. The Hall–Kier alpha value is -2.02. The van der Waals surface area contributed by atoms with Crippen molar-refractivity contribution in [3.8, 4) is 0 Å². The molecule has 0 bridgehead atoms. The van der Waals surface area contributed by atoms with Gasteiger partial charge in [-0.2, -0.15) is 11.8 Å². The Balaban J connectivity index is 2.53. The van der Waals surface area contributed by atoms with Crippen LogP contribution < -0.4 is 5.32 Å². The normalized spacial score (nSPS) is 11.4. The minimum atomic E-state index is -0.759. The van der Waals surface area contributed by atoms with Crippen LogP contribution in [0.2, 0.25) is 0 Å². The second-order valence-corrected chi connectivity index (χ2v) is 5.92. The Morgan fingerprint density at radius 3 is 2.38 bits per heavy atom. The minimum absolute atomic E-state index is 0.240. The second kappa shape index (κ2) is 11.5. The predicted octanol–water partition coefficient (Wildman–Crippen LogP) is 2.03. The van der Waals surface area contributed by atoms with Gasteiger partial charge >= 0.3 is 11.9 Å². The smallest absolute Gasteiger partial charge is 0.329 e. The van der Waals surface area contributed by atoms with Crippen LogP contribution in [0, 0.1) is 0 Å². The molecule has 0 fully saturated rings. The lowest BCUT2D eigenvalue weighted by atomic mass is 10.2. The molecular formula is C17H23NO5S. The number of benzene rings is 1. The lowest BCUT2D eigenvalue weighted by molar-refractivity contribution is -0.145. The van der Waals surface area contributed by atoms with Crippen molar-refractivity contribution < 1.29 is 23.9 Å². The molecule has 7 heteroatoms. The van der Waals surface area contributed by atoms with Crippen molar-refractivity contribution in [1.29, 1.82) is 0 Å². The lowest BCUT2D eigenvalue weighted by Gasteiger charge is -2.17. The Morgan fingerprint density at radius 2 is 1.75 bits per heavy atom. The van der Waals surface area contributed by atoms with E-state index in [9.17, 15) is 14.4 Å². The number of esters is 2. The summed E-state index contributed by atoms with van der Waals surface area (Å²) in [6.07, 6.45) is 0.265. The number of hydrogen-bond acceptors (Lipinski definition) is 6. The number of nitrogens with one attached hydrogen (secondary N) is 1. The van der Waals surface area contributed by atoms with Crippen molar-refractivity contribution in [3.63, 3.8) is 0 Å². The molecule has 1 aromatic rings. The van der Waals surface area contributed by atoms with Gasteiger partial charge in [0, 0.05) is 17.1 Å². The van der Waals surface area contributed by atoms with Gasteiger partial charge in [-0.3, -0.25) is 9.59 Å². The number of rotatable bonds is 10. The van der Waals surface area contributed by atoms with Crippen LogP contribution in [-0.4, -0.2) is 48.6 Å². The first kappa shape index (κ1) is 20.0. The van der Waals surface area contributed by atoms with Gasteiger partial charge in [0.1, 0.15) is 6.04 Å². The minimum Gasteiger partial charge on any atom is -0.466 e. The molecule has 0 saturated carbocycles. The zero-order valence-corrected chi connectivity index (χ0v) is 14.8. The van der Waals surface area contributed by atoms with Crippen LogP contribution in [0.15, 0.2) is 30.3 Å². The number of ether oxygens (including phenoxy) is 2. The Kier molecular flexibility index (Phi) is 9.60. The van der Waals surface area contributed by atoms with Gasteiger partial charge < -0.3 is 14.8 Å². The summed E-state index contributed by atoms with van der Waals surface area (Å²) < 4.78 is 9.84. The third-order valence-corrected chi connectivity index (χ3v) is 4.01. The number of amides is 1. The van der Waals surface area contributed by atoms with Gasteiger partial charge in [-0.05, 0) is 26.0 Å². The van der Waals surface area contributed by atoms with Crippen LogP contribution in [0.25, 0.3) is 0 Å². The highest BCUT2D eigenvalue weighted by Crippen LogP contribution is 2.09. The van der Waals surface area contributed by atoms with E-state index in [1.165, 1.54) is 11.8 Å². The van der Waals surface area contributed by atoms with Crippen molar-refractivity contribution in [2.75, 3.05) is 24.7 Å². The zero-order valence-electron chi connectivity index (χ0n) is 13.9. The molecule has 0 saturated heterocycles. The van der Waals surface area contributed by atoms with E-state index in [4.69, 9.17) is 9.47 Å². The summed E-state index contributed by atoms with van der Waals surface area (Å²) in [5.41, 5.74) is 0.475. The topological polar surface area (TPSA) is 81.7 Å². The predicted molar refractivity (Wildman–Crippen MR) is 92.9 cm³/mol. The molecule has 132 valence electrons. The highest BCUT2D eigenvalue weighted by atomic mass is 32.2. The average Bonchev–Trinajstić information content (AvgIpc) is 2.58. The first-order valence-corrected chi connectivity index (χ1v) is 8.99. The van der Waals surface area contributed by atoms with Crippen LogP contribution >= 0.6 is 11.8 Å². The van der Waals surface area contributed by atoms with E-state index in [1.54, 1.807) is 38.1 Å². The zero-order chi connectivity index (χ0) is 17.8. The Labute approximate surface area is 146 Å². The molecule has 0 radical (unpaired) electrons. The summed E-state index contributed by atoms with van der Waals surface area (Å²) in [5.74, 6) is -0.247. The number of hydrogen-bond donors (Lipinski definition) is 1. The fraction of sp³-hybridized carbons (Fsp3) is 0.471. The first-order chi connectivity index (χ1) is 11.6. The van der Waals surface area contributed by atoms with E-state index in [0.29, 0.717) is 23.7 Å². The van der Waals surface area contributed by atoms with Crippen molar-refractivity contribution in [2.45, 2.75) is 26.3 Å². The van der Waals surface area contributed by atoms with E-state index in [-0.39, 0.29) is 24.9 Å². The molecule has 1 atom stereocenters. The number of thioether (sulfide) groups is 1. The van der Waals surface area contributed by atoms with Crippen LogP contribution in [0.5, 0.6) is 0 Å². The van der Waals surface area contributed by atoms with Crippen molar-refractivity contribution in [1.82, 2.24) is 5.32 Å². The van der Waals surface area contributed by atoms with Gasteiger partial charge in [0.05, 0.1) is 19.6 Å². The summed E-state index contributed by atoms with van der Waals surface area (Å²) in [5, 5.41) is 2.68. The van der Waals surface area contributed by atoms with E-state index >= 15 is 0 Å². The maximum absolute atomic E-state index is 12.2. The van der Waals surface area contributed by atoms with E-state index in [1.807, 2.05) is 6.07 Å². The van der Waals surface area contributed by atoms with Gasteiger partial charge in [0.2, 0.25) is 0 Å². The fourth-order valence-corrected chi connectivity index (χ4v) is 2.77. The summed E-state index contributed by atoms with van der Waals surface area (Å²) in [6, 6.07) is 7.90. The molecule has 0 aliphatic carbocycles. The maximum atomic E-state index is 12.2. The van der Waals surface area contributed by atoms with Crippen LogP contribution in [0.1, 0.15) is 30.6 Å². The molecule has 1 rings (SSSR count). The van der Waals surface area contributed by atoms with Crippen LogP contribution in [0.4, 0.5) is 0 Å². The van der Waals surface area contributed by atoms with Crippen molar-refractivity contribution in [3.05, 3.63) is 35.9 Å². The summed E-state index contributed by atoms with van der Waals surface area (Å²) in [6.45, 7) is 4.05. The molecular weight excluding hydrogens is 330 g/mol. The van der Waals surface area contributed by atoms with Crippen LogP contribution in [0.3, 0.4) is 0 Å². The third kappa shape index (κ3) is 7.50. The molecule has 0 aliphatic heterocycles. The van der Waals surface area contributed by atoms with E-state index < -0.39 is 12.0 Å². The second-order valence-electron chi connectivity index (χ2n) is 4.77. The molecule has 1 unspecified atom stereocenters. The monoisotopic (exact) mass is 353 g/mol. The molecule has 6 nitrogen and oxygen atoms in total. The maximum Gasteiger partial charge on any atom is 0.329 e. The molecule has 0 spiro atoms. The molecule has 0 aliphatic rings. The molecule has 0 heterocycles.